The molecule has 3 heterocycles. The Hall–Kier alpha value is -2.76. The summed E-state index contributed by atoms with van der Waals surface area (Å²) in [6.07, 6.45) is 12.1. The Morgan fingerprint density at radius 3 is 2.81 bits per heavy atom. The number of allylic oxidation sites excluding steroid dienone is 1. The Morgan fingerprint density at radius 1 is 1.16 bits per heavy atom. The van der Waals surface area contributed by atoms with Crippen molar-refractivity contribution in [3.05, 3.63) is 88.2 Å². The van der Waals surface area contributed by atoms with Gasteiger partial charge in [-0.2, -0.15) is 0 Å². The lowest BCUT2D eigenvalue weighted by molar-refractivity contribution is -0.126. The molecule has 31 heavy (non-hydrogen) atoms. The summed E-state index contributed by atoms with van der Waals surface area (Å²) in [6.45, 7) is 1.62. The number of aryl methyl sites for hydroxylation is 2. The van der Waals surface area contributed by atoms with E-state index in [0.29, 0.717) is 0 Å². The van der Waals surface area contributed by atoms with Crippen LogP contribution in [0, 0.1) is 5.41 Å². The van der Waals surface area contributed by atoms with E-state index in [2.05, 4.69) is 33.5 Å². The molecular formula is C25H25ClN4O. The smallest absolute Gasteiger partial charge is 0.163 e. The van der Waals surface area contributed by atoms with Gasteiger partial charge >= 0.3 is 0 Å². The van der Waals surface area contributed by atoms with Crippen LogP contribution in [0.4, 0.5) is 0 Å². The molecule has 2 aliphatic rings. The third-order valence-corrected chi connectivity index (χ3v) is 6.99. The van der Waals surface area contributed by atoms with E-state index < -0.39 is 5.41 Å². The lowest BCUT2D eigenvalue weighted by Gasteiger charge is -2.42. The first-order chi connectivity index (χ1) is 15.2. The molecule has 158 valence electrons. The number of piperidine rings is 1. The van der Waals surface area contributed by atoms with Gasteiger partial charge in [-0.25, -0.2) is 4.98 Å². The number of nitrogens with zero attached hydrogens (tertiary/aromatic N) is 2. The van der Waals surface area contributed by atoms with Crippen LogP contribution in [0.25, 0.3) is 6.08 Å². The number of ketones is 1. The molecule has 0 bridgehead atoms. The minimum absolute atomic E-state index is 0.0977. The van der Waals surface area contributed by atoms with Gasteiger partial charge in [0.05, 0.1) is 23.9 Å². The molecule has 1 fully saturated rings. The van der Waals surface area contributed by atoms with E-state index in [1.165, 1.54) is 16.7 Å². The van der Waals surface area contributed by atoms with Crippen molar-refractivity contribution in [2.45, 2.75) is 31.6 Å². The van der Waals surface area contributed by atoms with Gasteiger partial charge in [-0.15, -0.1) is 0 Å². The summed E-state index contributed by atoms with van der Waals surface area (Å²) in [6, 6.07) is 10.3. The average molecular weight is 433 g/mol. The highest BCUT2D eigenvalue weighted by molar-refractivity contribution is 6.30. The van der Waals surface area contributed by atoms with Crippen LogP contribution < -0.4 is 5.32 Å². The van der Waals surface area contributed by atoms with Crippen LogP contribution in [-0.2, 0) is 17.6 Å². The molecular weight excluding hydrogens is 408 g/mol. The van der Waals surface area contributed by atoms with Crippen molar-refractivity contribution in [2.75, 3.05) is 13.1 Å². The molecule has 0 amide bonds. The number of hydrogen-bond acceptors (Lipinski definition) is 4. The number of benzene rings is 1. The maximum Gasteiger partial charge on any atom is 0.163 e. The van der Waals surface area contributed by atoms with Crippen LogP contribution in [0.3, 0.4) is 0 Å². The molecule has 0 saturated carbocycles. The second-order valence-electron chi connectivity index (χ2n) is 8.43. The van der Waals surface area contributed by atoms with Crippen LogP contribution in [0.5, 0.6) is 0 Å². The number of H-pyrrole nitrogens is 1. The highest BCUT2D eigenvalue weighted by Crippen LogP contribution is 2.50. The molecule has 2 N–H and O–H groups in total. The molecule has 2 aromatic heterocycles. The summed E-state index contributed by atoms with van der Waals surface area (Å²) in [5, 5.41) is 4.18. The molecule has 0 spiro atoms. The monoisotopic (exact) mass is 432 g/mol. The lowest BCUT2D eigenvalue weighted by Crippen LogP contribution is -2.46. The van der Waals surface area contributed by atoms with Gasteiger partial charge in [-0.1, -0.05) is 23.7 Å². The Kier molecular flexibility index (Phi) is 5.47. The fourth-order valence-electron chi connectivity index (χ4n) is 5.21. The van der Waals surface area contributed by atoms with Gasteiger partial charge in [0.2, 0.25) is 0 Å². The molecule has 0 radical (unpaired) electrons. The fourth-order valence-corrected chi connectivity index (χ4v) is 5.40. The molecule has 1 unspecified atom stereocenters. The lowest BCUT2D eigenvalue weighted by atomic mass is 9.62. The van der Waals surface area contributed by atoms with Crippen LogP contribution >= 0.6 is 11.6 Å². The second-order valence-corrected chi connectivity index (χ2v) is 8.87. The van der Waals surface area contributed by atoms with Gasteiger partial charge in [0.15, 0.2) is 5.78 Å². The van der Waals surface area contributed by atoms with E-state index in [0.717, 1.165) is 55.2 Å². The quantitative estimate of drug-likeness (QED) is 0.601. The first kappa shape index (κ1) is 20.2. The summed E-state index contributed by atoms with van der Waals surface area (Å²) in [5.74, 6) is 0.0486. The zero-order chi connectivity index (χ0) is 21.3. The normalized spacial score (nSPS) is 20.1. The Bertz CT molecular complexity index is 1120. The predicted molar refractivity (Wildman–Crippen MR) is 122 cm³/mol. The van der Waals surface area contributed by atoms with E-state index in [1.807, 2.05) is 24.4 Å². The van der Waals surface area contributed by atoms with Crippen molar-refractivity contribution in [3.8, 4) is 0 Å². The summed E-state index contributed by atoms with van der Waals surface area (Å²) in [5.41, 5.74) is 4.93. The third-order valence-electron chi connectivity index (χ3n) is 6.75. The first-order valence-electron chi connectivity index (χ1n) is 10.8. The van der Waals surface area contributed by atoms with Crippen molar-refractivity contribution < 1.29 is 4.79 Å². The molecule has 1 aromatic carbocycles. The van der Waals surface area contributed by atoms with E-state index in [1.54, 1.807) is 18.6 Å². The number of imidazole rings is 1. The molecule has 6 heteroatoms. The SMILES string of the molecule is O=C(C=Cc1cnc[nH]1)C1(C2c3ccc(Cl)cc3CCc3cccnc32)CCNCC1. The van der Waals surface area contributed by atoms with Crippen molar-refractivity contribution in [1.29, 1.82) is 0 Å². The maximum absolute atomic E-state index is 13.9. The number of aromatic amines is 1. The van der Waals surface area contributed by atoms with E-state index in [9.17, 15) is 4.79 Å². The number of aromatic nitrogens is 3. The zero-order valence-electron chi connectivity index (χ0n) is 17.3. The van der Waals surface area contributed by atoms with Gasteiger partial charge in [0.1, 0.15) is 0 Å². The number of halogens is 1. The number of carbonyl (C=O) groups is 1. The number of fused-ring (bicyclic) bond motifs is 2. The fraction of sp³-hybridized carbons (Fsp3) is 0.320. The van der Waals surface area contributed by atoms with Crippen molar-refractivity contribution in [3.63, 3.8) is 0 Å². The Morgan fingerprint density at radius 2 is 2.00 bits per heavy atom. The van der Waals surface area contributed by atoms with E-state index in [4.69, 9.17) is 16.6 Å². The van der Waals surface area contributed by atoms with Crippen molar-refractivity contribution in [2.24, 2.45) is 5.41 Å². The maximum atomic E-state index is 13.9. The van der Waals surface area contributed by atoms with Gasteiger partial charge in [0, 0.05) is 22.6 Å². The van der Waals surface area contributed by atoms with Crippen LogP contribution in [0.2, 0.25) is 5.02 Å². The van der Waals surface area contributed by atoms with E-state index >= 15 is 0 Å². The number of hydrogen-bond donors (Lipinski definition) is 2. The topological polar surface area (TPSA) is 70.7 Å². The predicted octanol–water partition coefficient (Wildman–Crippen LogP) is 4.34. The van der Waals surface area contributed by atoms with Crippen LogP contribution in [0.15, 0.2) is 55.1 Å². The molecule has 5 rings (SSSR count). The largest absolute Gasteiger partial charge is 0.345 e. The molecule has 1 atom stereocenters. The van der Waals surface area contributed by atoms with Gasteiger partial charge in [-0.3, -0.25) is 9.78 Å². The van der Waals surface area contributed by atoms with Gasteiger partial charge in [0.25, 0.3) is 0 Å². The standard InChI is InChI=1S/C25H25ClN4O/c26-19-5-7-21-18(14-19)4-3-17-2-1-11-29-24(17)23(21)25(9-12-27-13-10-25)22(31)8-6-20-15-28-16-30-20/h1-2,5-8,11,14-16,23,27H,3-4,9-10,12-13H2,(H,28,30). The highest BCUT2D eigenvalue weighted by atomic mass is 35.5. The number of carbonyl (C=O) groups excluding carboxylic acids is 1. The van der Waals surface area contributed by atoms with Crippen LogP contribution in [0.1, 0.15) is 46.8 Å². The number of pyridine rings is 1. The highest BCUT2D eigenvalue weighted by Gasteiger charge is 2.48. The number of rotatable bonds is 4. The first-order valence-corrected chi connectivity index (χ1v) is 11.2. The molecule has 1 aliphatic carbocycles. The summed E-state index contributed by atoms with van der Waals surface area (Å²) >= 11 is 6.37. The minimum atomic E-state index is -0.558. The summed E-state index contributed by atoms with van der Waals surface area (Å²) in [4.78, 5) is 25.9. The second kappa shape index (κ2) is 8.40. The molecule has 1 aliphatic heterocycles. The van der Waals surface area contributed by atoms with Gasteiger partial charge in [-0.05, 0) is 85.8 Å². The average Bonchev–Trinajstić information content (AvgIpc) is 3.26. The Balaban J connectivity index is 1.68. The number of nitrogens with one attached hydrogen (secondary N) is 2. The molecule has 3 aromatic rings. The minimum Gasteiger partial charge on any atom is -0.345 e. The zero-order valence-corrected chi connectivity index (χ0v) is 18.0. The summed E-state index contributed by atoms with van der Waals surface area (Å²) in [7, 11) is 0. The third kappa shape index (κ3) is 3.73. The van der Waals surface area contributed by atoms with Gasteiger partial charge < -0.3 is 10.3 Å². The van der Waals surface area contributed by atoms with E-state index in [-0.39, 0.29) is 11.7 Å². The van der Waals surface area contributed by atoms with Crippen LogP contribution in [-0.4, -0.2) is 33.8 Å². The molecule has 1 saturated heterocycles. The summed E-state index contributed by atoms with van der Waals surface area (Å²) < 4.78 is 0. The Labute approximate surface area is 187 Å². The van der Waals surface area contributed by atoms with Crippen molar-refractivity contribution in [1.82, 2.24) is 20.3 Å². The molecule has 5 nitrogen and oxygen atoms in total. The van der Waals surface area contributed by atoms with Crippen molar-refractivity contribution >= 4 is 23.5 Å².